The lowest BCUT2D eigenvalue weighted by Gasteiger charge is -2.20. The highest BCUT2D eigenvalue weighted by Gasteiger charge is 2.15. The summed E-state index contributed by atoms with van der Waals surface area (Å²) < 4.78 is 5.23. The summed E-state index contributed by atoms with van der Waals surface area (Å²) in [6.45, 7) is 4.18. The Balaban J connectivity index is 3.18. The van der Waals surface area contributed by atoms with E-state index in [9.17, 15) is 4.79 Å². The normalized spacial score (nSPS) is 10.2. The Bertz CT molecular complexity index is 405. The minimum Gasteiger partial charge on any atom is -0.495 e. The molecule has 0 radical (unpaired) electrons. The van der Waals surface area contributed by atoms with E-state index in [0.717, 1.165) is 5.56 Å². The molecule has 0 atom stereocenters. The minimum absolute atomic E-state index is 0.383. The third kappa shape index (κ3) is 2.88. The maximum atomic E-state index is 11.5. The van der Waals surface area contributed by atoms with Gasteiger partial charge in [-0.25, -0.2) is 10.6 Å². The summed E-state index contributed by atoms with van der Waals surface area (Å²) in [4.78, 5) is 12.9. The molecule has 0 heterocycles. The zero-order valence-electron chi connectivity index (χ0n) is 10.7. The average Bonchev–Trinajstić information content (AvgIpc) is 2.35. The number of urea groups is 1. The molecule has 0 aliphatic heterocycles. The molecule has 0 saturated heterocycles. The number of hydrogen-bond acceptors (Lipinski definition) is 3. The van der Waals surface area contributed by atoms with Crippen molar-refractivity contribution in [1.29, 1.82) is 0 Å². The number of anilines is 1. The smallest absolute Gasteiger partial charge is 0.335 e. The van der Waals surface area contributed by atoms with Crippen LogP contribution in [0, 0.1) is 0 Å². The fraction of sp³-hybridized carbons (Fsp3) is 0.417. The minimum atomic E-state index is -0.385. The molecule has 94 valence electrons. The largest absolute Gasteiger partial charge is 0.495 e. The van der Waals surface area contributed by atoms with Crippen LogP contribution in [0.4, 0.5) is 10.5 Å². The number of hydrazine groups is 1. The molecule has 0 aliphatic rings. The van der Waals surface area contributed by atoms with E-state index in [1.807, 2.05) is 18.2 Å². The van der Waals surface area contributed by atoms with Crippen molar-refractivity contribution in [1.82, 2.24) is 5.43 Å². The Labute approximate surface area is 102 Å². The number of nitrogens with one attached hydrogen (secondary N) is 1. The van der Waals surface area contributed by atoms with Gasteiger partial charge >= 0.3 is 6.03 Å². The molecule has 5 heteroatoms. The summed E-state index contributed by atoms with van der Waals surface area (Å²) in [5.41, 5.74) is 3.93. The fourth-order valence-corrected chi connectivity index (χ4v) is 1.53. The fourth-order valence-electron chi connectivity index (χ4n) is 1.53. The highest BCUT2D eigenvalue weighted by atomic mass is 16.5. The summed E-state index contributed by atoms with van der Waals surface area (Å²) in [6.07, 6.45) is 0. The van der Waals surface area contributed by atoms with Crippen molar-refractivity contribution in [3.63, 3.8) is 0 Å². The zero-order chi connectivity index (χ0) is 13.0. The number of hydrogen-bond donors (Lipinski definition) is 2. The summed E-state index contributed by atoms with van der Waals surface area (Å²) in [5.74, 6) is 6.14. The number of carbonyl (C=O) groups excluding carboxylic acids is 1. The molecule has 0 bridgehead atoms. The van der Waals surface area contributed by atoms with Crippen LogP contribution in [-0.4, -0.2) is 20.2 Å². The number of methoxy groups -OCH3 is 1. The molecule has 0 aliphatic carbocycles. The Morgan fingerprint density at radius 2 is 2.12 bits per heavy atom. The molecule has 0 saturated carbocycles. The van der Waals surface area contributed by atoms with Crippen molar-refractivity contribution in [3.8, 4) is 5.75 Å². The van der Waals surface area contributed by atoms with Gasteiger partial charge in [0, 0.05) is 7.05 Å². The van der Waals surface area contributed by atoms with Gasteiger partial charge in [-0.3, -0.25) is 10.3 Å². The lowest BCUT2D eigenvalue weighted by Crippen LogP contribution is -2.41. The monoisotopic (exact) mass is 237 g/mol. The van der Waals surface area contributed by atoms with Crippen LogP contribution < -0.4 is 20.9 Å². The number of nitrogens with two attached hydrogens (primary N) is 1. The Kier molecular flexibility index (Phi) is 4.34. The van der Waals surface area contributed by atoms with Crippen molar-refractivity contribution >= 4 is 11.7 Å². The summed E-state index contributed by atoms with van der Waals surface area (Å²) in [5, 5.41) is 0. The summed E-state index contributed by atoms with van der Waals surface area (Å²) in [6, 6.07) is 5.38. The number of amides is 2. The maximum absolute atomic E-state index is 11.5. The first kappa shape index (κ1) is 13.3. The van der Waals surface area contributed by atoms with Crippen molar-refractivity contribution in [2.75, 3.05) is 19.1 Å². The second-order valence-corrected chi connectivity index (χ2v) is 4.09. The first-order valence-corrected chi connectivity index (χ1v) is 5.43. The molecule has 0 fully saturated rings. The maximum Gasteiger partial charge on any atom is 0.335 e. The van der Waals surface area contributed by atoms with E-state index in [2.05, 4.69) is 19.3 Å². The van der Waals surface area contributed by atoms with Gasteiger partial charge in [-0.1, -0.05) is 19.9 Å². The Morgan fingerprint density at radius 3 is 2.59 bits per heavy atom. The van der Waals surface area contributed by atoms with Gasteiger partial charge in [0.15, 0.2) is 0 Å². The third-order valence-electron chi connectivity index (χ3n) is 2.66. The molecule has 0 unspecified atom stereocenters. The highest BCUT2D eigenvalue weighted by Crippen LogP contribution is 2.31. The van der Waals surface area contributed by atoms with Gasteiger partial charge in [-0.05, 0) is 23.6 Å². The molecule has 17 heavy (non-hydrogen) atoms. The number of ether oxygens (including phenoxy) is 1. The summed E-state index contributed by atoms with van der Waals surface area (Å²) in [7, 11) is 3.21. The Morgan fingerprint density at radius 1 is 1.47 bits per heavy atom. The summed E-state index contributed by atoms with van der Waals surface area (Å²) >= 11 is 0. The quantitative estimate of drug-likeness (QED) is 0.479. The standard InChI is InChI=1S/C12H19N3O2/c1-8(2)9-5-6-11(17-4)10(7-9)15(3)12(16)14-13/h5-8H,13H2,1-4H3,(H,14,16). The molecule has 0 spiro atoms. The van der Waals surface area contributed by atoms with Gasteiger partial charge in [-0.15, -0.1) is 0 Å². The SMILES string of the molecule is COc1ccc(C(C)C)cc1N(C)C(=O)NN. The van der Waals surface area contributed by atoms with E-state index in [0.29, 0.717) is 17.4 Å². The lowest BCUT2D eigenvalue weighted by atomic mass is 10.0. The molecule has 2 amide bonds. The number of rotatable bonds is 3. The van der Waals surface area contributed by atoms with Crippen LogP contribution in [-0.2, 0) is 0 Å². The van der Waals surface area contributed by atoms with Crippen molar-refractivity contribution in [3.05, 3.63) is 23.8 Å². The van der Waals surface area contributed by atoms with Crippen LogP contribution in [0.2, 0.25) is 0 Å². The van der Waals surface area contributed by atoms with E-state index < -0.39 is 0 Å². The van der Waals surface area contributed by atoms with Crippen LogP contribution in [0.15, 0.2) is 18.2 Å². The Hall–Kier alpha value is -1.75. The van der Waals surface area contributed by atoms with E-state index in [1.165, 1.54) is 4.90 Å². The molecule has 1 aromatic rings. The first-order chi connectivity index (χ1) is 8.01. The van der Waals surface area contributed by atoms with Crippen LogP contribution in [0.1, 0.15) is 25.3 Å². The second kappa shape index (κ2) is 5.54. The van der Waals surface area contributed by atoms with Gasteiger partial charge < -0.3 is 4.74 Å². The molecule has 0 aromatic heterocycles. The predicted octanol–water partition coefficient (Wildman–Crippen LogP) is 1.84. The van der Waals surface area contributed by atoms with Crippen LogP contribution >= 0.6 is 0 Å². The second-order valence-electron chi connectivity index (χ2n) is 4.09. The van der Waals surface area contributed by atoms with E-state index in [4.69, 9.17) is 10.6 Å². The van der Waals surface area contributed by atoms with Crippen molar-refractivity contribution in [2.45, 2.75) is 19.8 Å². The molecule has 1 rings (SSSR count). The first-order valence-electron chi connectivity index (χ1n) is 5.43. The number of carbonyl (C=O) groups is 1. The third-order valence-corrected chi connectivity index (χ3v) is 2.66. The van der Waals surface area contributed by atoms with Crippen molar-refractivity contribution in [2.24, 2.45) is 5.84 Å². The van der Waals surface area contributed by atoms with Crippen molar-refractivity contribution < 1.29 is 9.53 Å². The van der Waals surface area contributed by atoms with E-state index >= 15 is 0 Å². The molecule has 3 N–H and O–H groups in total. The van der Waals surface area contributed by atoms with Gasteiger partial charge in [0.2, 0.25) is 0 Å². The topological polar surface area (TPSA) is 67.6 Å². The van der Waals surface area contributed by atoms with Crippen LogP contribution in [0.5, 0.6) is 5.75 Å². The van der Waals surface area contributed by atoms with Crippen LogP contribution in [0.3, 0.4) is 0 Å². The van der Waals surface area contributed by atoms with Gasteiger partial charge in [0.1, 0.15) is 5.75 Å². The highest BCUT2D eigenvalue weighted by molar-refractivity contribution is 5.92. The number of nitrogens with zero attached hydrogens (tertiary/aromatic N) is 1. The zero-order valence-corrected chi connectivity index (χ0v) is 10.7. The predicted molar refractivity (Wildman–Crippen MR) is 68.2 cm³/mol. The molecule has 5 nitrogen and oxygen atoms in total. The average molecular weight is 237 g/mol. The van der Waals surface area contributed by atoms with E-state index in [1.54, 1.807) is 14.2 Å². The van der Waals surface area contributed by atoms with Crippen LogP contribution in [0.25, 0.3) is 0 Å². The molecular weight excluding hydrogens is 218 g/mol. The molecular formula is C12H19N3O2. The molecule has 1 aromatic carbocycles. The van der Waals surface area contributed by atoms with E-state index in [-0.39, 0.29) is 6.03 Å². The number of benzene rings is 1. The van der Waals surface area contributed by atoms with Gasteiger partial charge in [0.05, 0.1) is 12.8 Å². The van der Waals surface area contributed by atoms with Gasteiger partial charge in [0.25, 0.3) is 0 Å². The lowest BCUT2D eigenvalue weighted by molar-refractivity contribution is 0.247. The van der Waals surface area contributed by atoms with Gasteiger partial charge in [-0.2, -0.15) is 0 Å².